The van der Waals surface area contributed by atoms with E-state index in [1.54, 1.807) is 0 Å². The van der Waals surface area contributed by atoms with Crippen LogP contribution in [0.15, 0.2) is 5.29 Å². The molecule has 1 atom stereocenters. The summed E-state index contributed by atoms with van der Waals surface area (Å²) in [6, 6.07) is 0. The average molecular weight is 77.1 g/mol. The van der Waals surface area contributed by atoms with Crippen molar-refractivity contribution in [3.8, 4) is 0 Å². The van der Waals surface area contributed by atoms with E-state index in [2.05, 4.69) is 5.29 Å². The standard InChI is InChI=1S/C2H6N2O/c1-4(2)3-5/h1-2H3/i1TD/t1-/m0/s1. The van der Waals surface area contributed by atoms with Gasteiger partial charge in [-0.25, -0.2) is 0 Å². The minimum atomic E-state index is -1.28. The van der Waals surface area contributed by atoms with E-state index in [1.807, 2.05) is 0 Å². The molecule has 0 N–H and O–H groups in total. The predicted molar refractivity (Wildman–Crippen MR) is 19.5 cm³/mol. The molecule has 30 valence electrons. The SMILES string of the molecule is [2H][C@@H]([3H])N(C)N=O. The maximum Gasteiger partial charge on any atom is 0.0518 e. The van der Waals surface area contributed by atoms with Crippen molar-refractivity contribution in [2.75, 3.05) is 14.0 Å². The first-order chi connectivity index (χ1) is 3.18. The van der Waals surface area contributed by atoms with Gasteiger partial charge in [0.1, 0.15) is 0 Å². The Balaban J connectivity index is 3.33. The van der Waals surface area contributed by atoms with Gasteiger partial charge in [-0.1, -0.05) is 0 Å². The molecule has 0 amide bonds. The maximum absolute atomic E-state index is 9.38. The lowest BCUT2D eigenvalue weighted by Crippen LogP contribution is -1.97. The Bertz CT molecular complexity index is 66.7. The first kappa shape index (κ1) is 1.74. The molecule has 0 aromatic carbocycles. The van der Waals surface area contributed by atoms with Crippen molar-refractivity contribution in [1.29, 1.82) is 0 Å². The van der Waals surface area contributed by atoms with Crippen LogP contribution in [0.4, 0.5) is 0 Å². The fourth-order valence-corrected chi connectivity index (χ4v) is 0. The smallest absolute Gasteiger partial charge is 0.0518 e. The molecule has 0 spiro atoms. The molecule has 0 fully saturated rings. The first-order valence-electron chi connectivity index (χ1n) is 2.24. The van der Waals surface area contributed by atoms with Crippen LogP contribution in [0.2, 0.25) is 0 Å². The molecule has 0 aliphatic carbocycles. The lowest BCUT2D eigenvalue weighted by molar-refractivity contribution is 0.431. The largest absolute Gasteiger partial charge is 0.267 e. The van der Waals surface area contributed by atoms with Crippen molar-refractivity contribution < 1.29 is 2.74 Å². The van der Waals surface area contributed by atoms with Crippen LogP contribution in [0, 0.1) is 4.91 Å². The quantitative estimate of drug-likeness (QED) is 0.331. The summed E-state index contributed by atoms with van der Waals surface area (Å²) in [6.07, 6.45) is 0. The summed E-state index contributed by atoms with van der Waals surface area (Å²) in [7, 11) is 1.28. The Morgan fingerprint density at radius 2 is 3.20 bits per heavy atom. The van der Waals surface area contributed by atoms with Gasteiger partial charge in [0.25, 0.3) is 0 Å². The van der Waals surface area contributed by atoms with E-state index >= 15 is 0 Å². The highest BCUT2D eigenvalue weighted by atomic mass is 16.3. The second-order valence-corrected chi connectivity index (χ2v) is 0.655. The molecule has 0 aliphatic rings. The van der Waals surface area contributed by atoms with Gasteiger partial charge in [-0.2, -0.15) is 0 Å². The van der Waals surface area contributed by atoms with Crippen LogP contribution in [0.25, 0.3) is 0 Å². The molecule has 0 aromatic heterocycles. The van der Waals surface area contributed by atoms with Crippen LogP contribution in [0.3, 0.4) is 0 Å². The van der Waals surface area contributed by atoms with Crippen LogP contribution in [-0.2, 0) is 0 Å². The van der Waals surface area contributed by atoms with E-state index in [9.17, 15) is 4.91 Å². The molecular formula is C2H6N2O. The molecule has 0 heterocycles. The molecule has 3 heteroatoms. The Labute approximate surface area is 33.3 Å². The lowest BCUT2D eigenvalue weighted by Gasteiger charge is -1.90. The normalized spacial score (nSPS) is 18.6. The molecule has 0 bridgehead atoms. The third-order valence-electron chi connectivity index (χ3n) is 0.129. The highest BCUT2D eigenvalue weighted by molar-refractivity contribution is 4.16. The van der Waals surface area contributed by atoms with E-state index in [1.165, 1.54) is 7.05 Å². The Kier molecular flexibility index (Phi) is 0.591. The van der Waals surface area contributed by atoms with E-state index < -0.39 is 7.00 Å². The third-order valence-corrected chi connectivity index (χ3v) is 0.129. The van der Waals surface area contributed by atoms with Crippen LogP contribution in [0.1, 0.15) is 2.74 Å². The highest BCUT2D eigenvalue weighted by Gasteiger charge is 1.68. The van der Waals surface area contributed by atoms with Gasteiger partial charge in [0.2, 0.25) is 0 Å². The second kappa shape index (κ2) is 1.69. The Morgan fingerprint density at radius 3 is 3.20 bits per heavy atom. The summed E-state index contributed by atoms with van der Waals surface area (Å²) in [5, 5.41) is 2.99. The molecule has 0 aliphatic heterocycles. The Hall–Kier alpha value is -0.600. The molecule has 0 rings (SSSR count). The summed E-state index contributed by atoms with van der Waals surface area (Å²) in [6.45, 7) is -1.28. The van der Waals surface area contributed by atoms with Gasteiger partial charge in [-0.05, 0) is 0 Å². The van der Waals surface area contributed by atoms with Gasteiger partial charge in [-0.3, -0.25) is 5.01 Å². The molecular weight excluding hydrogens is 68.0 g/mol. The molecule has 0 aromatic rings. The number of hydrogen-bond acceptors (Lipinski definition) is 2. The van der Waals surface area contributed by atoms with Crippen LogP contribution >= 0.6 is 0 Å². The third kappa shape index (κ3) is 3.40. The topological polar surface area (TPSA) is 32.7 Å². The average Bonchev–Trinajstić information content (AvgIpc) is 1.65. The summed E-state index contributed by atoms with van der Waals surface area (Å²) in [5.74, 6) is 0. The molecule has 5 heavy (non-hydrogen) atoms. The van der Waals surface area contributed by atoms with Gasteiger partial charge >= 0.3 is 0 Å². The van der Waals surface area contributed by atoms with E-state index in [-0.39, 0.29) is 0 Å². The van der Waals surface area contributed by atoms with Gasteiger partial charge in [0.15, 0.2) is 0 Å². The van der Waals surface area contributed by atoms with Crippen LogP contribution in [0.5, 0.6) is 0 Å². The zero-order chi connectivity index (χ0) is 5.86. The van der Waals surface area contributed by atoms with Crippen molar-refractivity contribution in [1.82, 2.24) is 5.01 Å². The zero-order valence-corrected chi connectivity index (χ0v) is 2.88. The van der Waals surface area contributed by atoms with Gasteiger partial charge in [-0.15, -0.1) is 4.91 Å². The summed E-state index contributed by atoms with van der Waals surface area (Å²) >= 11 is 0. The van der Waals surface area contributed by atoms with Gasteiger partial charge in [0, 0.05) is 16.8 Å². The van der Waals surface area contributed by atoms with Crippen LogP contribution < -0.4 is 0 Å². The van der Waals surface area contributed by atoms with E-state index in [0.717, 1.165) is 0 Å². The zero-order valence-electron chi connectivity index (χ0n) is 4.88. The minimum absolute atomic E-state index is 0.694. The molecule has 0 unspecified atom stereocenters. The van der Waals surface area contributed by atoms with Crippen molar-refractivity contribution >= 4 is 0 Å². The monoisotopic (exact) mass is 77.1 g/mol. The summed E-state index contributed by atoms with van der Waals surface area (Å²) in [5.41, 5.74) is 0. The van der Waals surface area contributed by atoms with Crippen LogP contribution in [-0.4, -0.2) is 19.1 Å². The molecule has 0 saturated carbocycles. The number of nitroso groups, excluding NO2 is 1. The lowest BCUT2D eigenvalue weighted by atomic mass is 11.2. The number of rotatable bonds is 1. The minimum Gasteiger partial charge on any atom is -0.267 e. The van der Waals surface area contributed by atoms with E-state index in [4.69, 9.17) is 2.74 Å². The van der Waals surface area contributed by atoms with Crippen molar-refractivity contribution in [2.24, 2.45) is 5.29 Å². The van der Waals surface area contributed by atoms with Gasteiger partial charge in [0.05, 0.1) is 5.29 Å². The maximum atomic E-state index is 9.38. The predicted octanol–water partition coefficient (Wildman–Crippen LogP) is 0.229. The second-order valence-electron chi connectivity index (χ2n) is 0.655. The van der Waals surface area contributed by atoms with Crippen molar-refractivity contribution in [3.05, 3.63) is 4.91 Å². The molecule has 0 radical (unpaired) electrons. The molecule has 3 nitrogen and oxygen atoms in total. The Morgan fingerprint density at radius 1 is 2.60 bits per heavy atom. The summed E-state index contributed by atoms with van der Waals surface area (Å²) in [4.78, 5) is 9.38. The fraction of sp³-hybridized carbons (Fsp3) is 1.00. The van der Waals surface area contributed by atoms with Crippen molar-refractivity contribution in [3.63, 3.8) is 0 Å². The highest BCUT2D eigenvalue weighted by Crippen LogP contribution is 1.64. The number of nitrogens with zero attached hydrogens (tertiary/aromatic N) is 2. The molecule has 0 saturated heterocycles. The number of hydrogen-bond donors (Lipinski definition) is 0. The van der Waals surface area contributed by atoms with Gasteiger partial charge < -0.3 is 0 Å². The first-order valence-corrected chi connectivity index (χ1v) is 1.09. The van der Waals surface area contributed by atoms with E-state index in [0.29, 0.717) is 5.01 Å². The fourth-order valence-electron chi connectivity index (χ4n) is 0. The summed E-state index contributed by atoms with van der Waals surface area (Å²) < 4.78 is 13.0. The van der Waals surface area contributed by atoms with Crippen molar-refractivity contribution in [2.45, 2.75) is 0 Å².